The third kappa shape index (κ3) is 2.48. The molecule has 0 aromatic heterocycles. The molecule has 2 aliphatic rings. The van der Waals surface area contributed by atoms with Crippen LogP contribution in [-0.4, -0.2) is 43.1 Å². The number of anilines is 1. The van der Waals surface area contributed by atoms with Crippen molar-refractivity contribution in [1.29, 1.82) is 5.26 Å². The molecule has 0 saturated carbocycles. The van der Waals surface area contributed by atoms with E-state index < -0.39 is 0 Å². The van der Waals surface area contributed by atoms with E-state index in [9.17, 15) is 4.79 Å². The van der Waals surface area contributed by atoms with Crippen molar-refractivity contribution in [1.82, 2.24) is 10.2 Å². The van der Waals surface area contributed by atoms with E-state index >= 15 is 0 Å². The summed E-state index contributed by atoms with van der Waals surface area (Å²) < 4.78 is 5.52. The summed E-state index contributed by atoms with van der Waals surface area (Å²) in [5.74, 6) is 0.598. The van der Waals surface area contributed by atoms with Crippen LogP contribution in [0.3, 0.4) is 0 Å². The molecule has 2 heterocycles. The predicted molar refractivity (Wildman–Crippen MR) is 73.5 cm³/mol. The molecular weight excluding hydrogens is 256 g/mol. The van der Waals surface area contributed by atoms with E-state index in [4.69, 9.17) is 10.00 Å². The van der Waals surface area contributed by atoms with Gasteiger partial charge in [0.25, 0.3) is 5.91 Å². The quantitative estimate of drug-likeness (QED) is 0.778. The summed E-state index contributed by atoms with van der Waals surface area (Å²) in [5.41, 5.74) is 1.51. The van der Waals surface area contributed by atoms with E-state index in [1.165, 1.54) is 0 Å². The molecule has 1 aromatic carbocycles. The Kier molecular flexibility index (Phi) is 3.33. The molecule has 104 valence electrons. The number of carbonyl (C=O) groups is 1. The van der Waals surface area contributed by atoms with Gasteiger partial charge in [0.2, 0.25) is 0 Å². The Bertz CT molecular complexity index is 567. The van der Waals surface area contributed by atoms with Gasteiger partial charge in [-0.3, -0.25) is 4.79 Å². The van der Waals surface area contributed by atoms with Gasteiger partial charge < -0.3 is 20.3 Å². The lowest BCUT2D eigenvalue weighted by atomic mass is 10.1. The number of hydrogen-bond donors (Lipinski definition) is 2. The molecule has 20 heavy (non-hydrogen) atoms. The molecule has 0 aliphatic carbocycles. The van der Waals surface area contributed by atoms with E-state index in [-0.39, 0.29) is 11.9 Å². The summed E-state index contributed by atoms with van der Waals surface area (Å²) >= 11 is 0. The number of likely N-dealkylation sites (tertiary alicyclic amines) is 1. The number of benzene rings is 1. The SMILES string of the molecule is N#CN1CC[C@@H](NC(=O)c2ccc3c(c2)OCCN3)C1. The number of carbonyl (C=O) groups excluding carboxylic acids is 1. The maximum Gasteiger partial charge on any atom is 0.251 e. The second kappa shape index (κ2) is 5.29. The summed E-state index contributed by atoms with van der Waals surface area (Å²) in [7, 11) is 0. The molecule has 0 bridgehead atoms. The average molecular weight is 272 g/mol. The Morgan fingerprint density at radius 3 is 3.25 bits per heavy atom. The van der Waals surface area contributed by atoms with Gasteiger partial charge in [0.1, 0.15) is 12.4 Å². The lowest BCUT2D eigenvalue weighted by Gasteiger charge is -2.20. The fraction of sp³-hybridized carbons (Fsp3) is 0.429. The molecule has 0 unspecified atom stereocenters. The van der Waals surface area contributed by atoms with Crippen molar-refractivity contribution in [3.63, 3.8) is 0 Å². The minimum Gasteiger partial charge on any atom is -0.490 e. The van der Waals surface area contributed by atoms with Crippen LogP contribution in [0.15, 0.2) is 18.2 Å². The highest BCUT2D eigenvalue weighted by atomic mass is 16.5. The van der Waals surface area contributed by atoms with E-state index in [0.29, 0.717) is 31.0 Å². The standard InChI is InChI=1S/C14H16N4O2/c15-9-18-5-3-11(8-18)17-14(19)10-1-2-12-13(7-10)20-6-4-16-12/h1-2,7,11,16H,3-6,8H2,(H,17,19)/t11-/m1/s1. The van der Waals surface area contributed by atoms with Crippen LogP contribution in [0.1, 0.15) is 16.8 Å². The molecule has 1 atom stereocenters. The van der Waals surface area contributed by atoms with E-state index in [1.54, 1.807) is 17.0 Å². The Hall–Kier alpha value is -2.42. The van der Waals surface area contributed by atoms with Gasteiger partial charge in [-0.1, -0.05) is 0 Å². The summed E-state index contributed by atoms with van der Waals surface area (Å²) in [5, 5.41) is 15.0. The maximum absolute atomic E-state index is 12.2. The van der Waals surface area contributed by atoms with Crippen LogP contribution in [0.5, 0.6) is 5.75 Å². The zero-order valence-corrected chi connectivity index (χ0v) is 11.1. The number of ether oxygens (including phenoxy) is 1. The lowest BCUT2D eigenvalue weighted by Crippen LogP contribution is -2.36. The highest BCUT2D eigenvalue weighted by Gasteiger charge is 2.23. The van der Waals surface area contributed by atoms with Crippen LogP contribution in [0.2, 0.25) is 0 Å². The molecular formula is C14H16N4O2. The van der Waals surface area contributed by atoms with Crippen LogP contribution in [0.4, 0.5) is 5.69 Å². The van der Waals surface area contributed by atoms with Crippen LogP contribution < -0.4 is 15.4 Å². The first-order chi connectivity index (χ1) is 9.76. The van der Waals surface area contributed by atoms with Crippen molar-refractivity contribution in [3.05, 3.63) is 23.8 Å². The minimum atomic E-state index is -0.119. The first-order valence-corrected chi connectivity index (χ1v) is 6.72. The summed E-state index contributed by atoms with van der Waals surface area (Å²) in [4.78, 5) is 13.9. The van der Waals surface area contributed by atoms with E-state index in [1.807, 2.05) is 6.07 Å². The smallest absolute Gasteiger partial charge is 0.251 e. The number of rotatable bonds is 2. The van der Waals surface area contributed by atoms with Gasteiger partial charge in [-0.05, 0) is 24.6 Å². The Labute approximate surface area is 117 Å². The number of amides is 1. The Morgan fingerprint density at radius 1 is 1.55 bits per heavy atom. The average Bonchev–Trinajstić information content (AvgIpc) is 2.94. The number of hydrogen-bond acceptors (Lipinski definition) is 5. The predicted octanol–water partition coefficient (Wildman–Crippen LogP) is 0.776. The lowest BCUT2D eigenvalue weighted by molar-refractivity contribution is 0.0938. The molecule has 1 amide bonds. The molecule has 1 fully saturated rings. The van der Waals surface area contributed by atoms with Crippen molar-refractivity contribution >= 4 is 11.6 Å². The van der Waals surface area contributed by atoms with Crippen LogP contribution >= 0.6 is 0 Å². The van der Waals surface area contributed by atoms with Crippen molar-refractivity contribution in [2.45, 2.75) is 12.5 Å². The molecule has 6 nitrogen and oxygen atoms in total. The fourth-order valence-corrected chi connectivity index (χ4v) is 2.51. The normalized spacial score (nSPS) is 20.4. The van der Waals surface area contributed by atoms with Crippen LogP contribution in [0, 0.1) is 11.5 Å². The third-order valence-electron chi connectivity index (χ3n) is 3.58. The third-order valence-corrected chi connectivity index (χ3v) is 3.58. The van der Waals surface area contributed by atoms with Gasteiger partial charge >= 0.3 is 0 Å². The van der Waals surface area contributed by atoms with Gasteiger partial charge in [-0.15, -0.1) is 0 Å². The highest BCUT2D eigenvalue weighted by molar-refractivity contribution is 5.95. The minimum absolute atomic E-state index is 0.0391. The first kappa shape index (κ1) is 12.6. The highest BCUT2D eigenvalue weighted by Crippen LogP contribution is 2.28. The van der Waals surface area contributed by atoms with Crippen LogP contribution in [0.25, 0.3) is 0 Å². The van der Waals surface area contributed by atoms with Crippen molar-refractivity contribution in [3.8, 4) is 11.9 Å². The number of nitrogens with zero attached hydrogens (tertiary/aromatic N) is 2. The largest absolute Gasteiger partial charge is 0.490 e. The fourth-order valence-electron chi connectivity index (χ4n) is 2.51. The Balaban J connectivity index is 1.67. The van der Waals surface area contributed by atoms with Crippen molar-refractivity contribution in [2.75, 3.05) is 31.6 Å². The maximum atomic E-state index is 12.2. The number of nitriles is 1. The van der Waals surface area contributed by atoms with Gasteiger partial charge in [-0.25, -0.2) is 0 Å². The van der Waals surface area contributed by atoms with Gasteiger partial charge in [-0.2, -0.15) is 5.26 Å². The molecule has 1 saturated heterocycles. The topological polar surface area (TPSA) is 77.4 Å². The molecule has 0 spiro atoms. The number of fused-ring (bicyclic) bond motifs is 1. The van der Waals surface area contributed by atoms with Crippen LogP contribution in [-0.2, 0) is 0 Å². The molecule has 1 aromatic rings. The van der Waals surface area contributed by atoms with Crippen molar-refractivity contribution < 1.29 is 9.53 Å². The molecule has 2 N–H and O–H groups in total. The summed E-state index contributed by atoms with van der Waals surface area (Å²) in [6.45, 7) is 2.69. The molecule has 0 radical (unpaired) electrons. The zero-order valence-electron chi connectivity index (χ0n) is 11.1. The van der Waals surface area contributed by atoms with Gasteiger partial charge in [0.15, 0.2) is 6.19 Å². The summed E-state index contributed by atoms with van der Waals surface area (Å²) in [6.07, 6.45) is 2.91. The zero-order chi connectivity index (χ0) is 13.9. The number of nitrogens with one attached hydrogen (secondary N) is 2. The van der Waals surface area contributed by atoms with Gasteiger partial charge in [0.05, 0.1) is 5.69 Å². The van der Waals surface area contributed by atoms with Crippen molar-refractivity contribution in [2.24, 2.45) is 0 Å². The molecule has 6 heteroatoms. The van der Waals surface area contributed by atoms with Gasteiger partial charge in [0, 0.05) is 31.2 Å². The monoisotopic (exact) mass is 272 g/mol. The Morgan fingerprint density at radius 2 is 2.45 bits per heavy atom. The molecule has 3 rings (SSSR count). The molecule has 2 aliphatic heterocycles. The van der Waals surface area contributed by atoms with E-state index in [0.717, 1.165) is 18.7 Å². The second-order valence-corrected chi connectivity index (χ2v) is 4.99. The second-order valence-electron chi connectivity index (χ2n) is 4.99. The van der Waals surface area contributed by atoms with E-state index in [2.05, 4.69) is 16.8 Å². The first-order valence-electron chi connectivity index (χ1n) is 6.72. The summed E-state index contributed by atoms with van der Waals surface area (Å²) in [6, 6.07) is 5.44.